The van der Waals surface area contributed by atoms with E-state index in [0.717, 1.165) is 24.3 Å². The zero-order chi connectivity index (χ0) is 15.7. The van der Waals surface area contributed by atoms with Gasteiger partial charge in [0.05, 0.1) is 0 Å². The Morgan fingerprint density at radius 3 is 2.23 bits per heavy atom. The minimum absolute atomic E-state index is 0.251. The highest BCUT2D eigenvalue weighted by Gasteiger charge is 2.20. The van der Waals surface area contributed by atoms with Crippen LogP contribution in [0.2, 0.25) is 0 Å². The first-order valence-corrected chi connectivity index (χ1v) is 8.10. The van der Waals surface area contributed by atoms with Crippen LogP contribution in [0, 0.1) is 24.5 Å². The highest BCUT2D eigenvalue weighted by atomic mass is 19.1. The fourth-order valence-corrected chi connectivity index (χ4v) is 3.37. The van der Waals surface area contributed by atoms with Crippen LogP contribution in [0.4, 0.5) is 8.78 Å². The second-order valence-electron chi connectivity index (χ2n) is 6.66. The summed E-state index contributed by atoms with van der Waals surface area (Å²) in [6, 6.07) is 10.3. The molecule has 2 aromatic carbocycles. The molecule has 0 radical (unpaired) electrons. The van der Waals surface area contributed by atoms with Crippen LogP contribution in [0.3, 0.4) is 0 Å². The number of rotatable bonds is 2. The van der Waals surface area contributed by atoms with Gasteiger partial charge in [0.1, 0.15) is 11.6 Å². The Bertz CT molecular complexity index is 667. The molecule has 1 aliphatic carbocycles. The number of hydrogen-bond donors (Lipinski definition) is 0. The monoisotopic (exact) mass is 300 g/mol. The van der Waals surface area contributed by atoms with Gasteiger partial charge in [-0.05, 0) is 60.4 Å². The van der Waals surface area contributed by atoms with E-state index in [1.165, 1.54) is 18.9 Å². The zero-order valence-corrected chi connectivity index (χ0v) is 13.2. The van der Waals surface area contributed by atoms with E-state index in [0.29, 0.717) is 22.6 Å². The van der Waals surface area contributed by atoms with Gasteiger partial charge < -0.3 is 0 Å². The first-order valence-electron chi connectivity index (χ1n) is 8.10. The van der Waals surface area contributed by atoms with Gasteiger partial charge in [-0.2, -0.15) is 0 Å². The van der Waals surface area contributed by atoms with Crippen molar-refractivity contribution in [2.75, 3.05) is 0 Å². The first kappa shape index (κ1) is 15.2. The zero-order valence-electron chi connectivity index (χ0n) is 13.2. The molecule has 0 bridgehead atoms. The lowest BCUT2D eigenvalue weighted by molar-refractivity contribution is 0.347. The molecule has 0 aromatic heterocycles. The van der Waals surface area contributed by atoms with E-state index in [2.05, 4.69) is 6.92 Å². The van der Waals surface area contributed by atoms with Gasteiger partial charge in [0.25, 0.3) is 0 Å². The molecule has 0 atom stereocenters. The summed E-state index contributed by atoms with van der Waals surface area (Å²) in [6.07, 6.45) is 4.71. The lowest BCUT2D eigenvalue weighted by atomic mass is 9.79. The second-order valence-corrected chi connectivity index (χ2v) is 6.66. The molecular formula is C20H22F2. The molecule has 0 N–H and O–H groups in total. The van der Waals surface area contributed by atoms with Gasteiger partial charge in [-0.3, -0.25) is 0 Å². The van der Waals surface area contributed by atoms with Crippen LogP contribution in [-0.2, 0) is 0 Å². The fourth-order valence-electron chi connectivity index (χ4n) is 3.37. The Balaban J connectivity index is 1.87. The fraction of sp³-hybridized carbons (Fsp3) is 0.400. The van der Waals surface area contributed by atoms with Crippen LogP contribution in [0.25, 0.3) is 11.1 Å². The highest BCUT2D eigenvalue weighted by Crippen LogP contribution is 2.37. The molecule has 0 spiro atoms. The van der Waals surface area contributed by atoms with Gasteiger partial charge in [0.2, 0.25) is 0 Å². The van der Waals surface area contributed by atoms with Crippen molar-refractivity contribution in [3.05, 3.63) is 59.2 Å². The Morgan fingerprint density at radius 1 is 0.864 bits per heavy atom. The van der Waals surface area contributed by atoms with E-state index in [4.69, 9.17) is 0 Å². The summed E-state index contributed by atoms with van der Waals surface area (Å²) in [4.78, 5) is 0. The third-order valence-electron chi connectivity index (χ3n) is 4.96. The standard InChI is InChI=1S/C20H22F2/c1-13-3-6-15(7-4-13)16-9-10-18(20(22)11-16)17-8-5-14(2)19(21)12-17/h5,8-13,15H,3-4,6-7H2,1-2H3. The Kier molecular flexibility index (Phi) is 4.28. The summed E-state index contributed by atoms with van der Waals surface area (Å²) >= 11 is 0. The van der Waals surface area contributed by atoms with Gasteiger partial charge in [0.15, 0.2) is 0 Å². The molecule has 2 aromatic rings. The van der Waals surface area contributed by atoms with Crippen molar-refractivity contribution in [2.45, 2.75) is 45.4 Å². The smallest absolute Gasteiger partial charge is 0.131 e. The van der Waals surface area contributed by atoms with Crippen molar-refractivity contribution in [1.82, 2.24) is 0 Å². The average molecular weight is 300 g/mol. The number of hydrogen-bond acceptors (Lipinski definition) is 0. The van der Waals surface area contributed by atoms with Crippen LogP contribution >= 0.6 is 0 Å². The minimum Gasteiger partial charge on any atom is -0.207 e. The third-order valence-corrected chi connectivity index (χ3v) is 4.96. The minimum atomic E-state index is -0.290. The van der Waals surface area contributed by atoms with Crippen molar-refractivity contribution in [2.24, 2.45) is 5.92 Å². The lowest BCUT2D eigenvalue weighted by Gasteiger charge is -2.26. The predicted molar refractivity (Wildman–Crippen MR) is 86.9 cm³/mol. The summed E-state index contributed by atoms with van der Waals surface area (Å²) in [5.41, 5.74) is 2.74. The quantitative estimate of drug-likeness (QED) is 0.616. The lowest BCUT2D eigenvalue weighted by Crippen LogP contribution is -2.11. The van der Waals surface area contributed by atoms with Crippen LogP contribution < -0.4 is 0 Å². The predicted octanol–water partition coefficient (Wildman–Crippen LogP) is 6.23. The summed E-state index contributed by atoms with van der Waals surface area (Å²) in [5, 5.41) is 0. The van der Waals surface area contributed by atoms with E-state index in [1.54, 1.807) is 31.2 Å². The van der Waals surface area contributed by atoms with Crippen molar-refractivity contribution in [3.63, 3.8) is 0 Å². The number of aryl methyl sites for hydroxylation is 1. The molecule has 0 aliphatic heterocycles. The SMILES string of the molecule is Cc1ccc(-c2ccc(C3CCC(C)CC3)cc2F)cc1F. The molecule has 0 unspecified atom stereocenters. The van der Waals surface area contributed by atoms with E-state index in [-0.39, 0.29) is 11.6 Å². The van der Waals surface area contributed by atoms with Gasteiger partial charge in [-0.15, -0.1) is 0 Å². The van der Waals surface area contributed by atoms with Crippen LogP contribution in [0.15, 0.2) is 36.4 Å². The number of halogens is 2. The molecule has 0 heterocycles. The molecule has 3 rings (SSSR count). The second kappa shape index (κ2) is 6.20. The maximum absolute atomic E-state index is 14.5. The normalized spacial score (nSPS) is 21.8. The van der Waals surface area contributed by atoms with Gasteiger partial charge in [-0.25, -0.2) is 8.78 Å². The van der Waals surface area contributed by atoms with Gasteiger partial charge in [0, 0.05) is 5.56 Å². The molecular weight excluding hydrogens is 278 g/mol. The molecule has 22 heavy (non-hydrogen) atoms. The van der Waals surface area contributed by atoms with Crippen LogP contribution in [0.1, 0.15) is 49.7 Å². The van der Waals surface area contributed by atoms with Gasteiger partial charge >= 0.3 is 0 Å². The van der Waals surface area contributed by atoms with E-state index in [9.17, 15) is 8.78 Å². The van der Waals surface area contributed by atoms with Crippen LogP contribution in [0.5, 0.6) is 0 Å². The molecule has 1 saturated carbocycles. The Labute approximate surface area is 131 Å². The van der Waals surface area contributed by atoms with Crippen LogP contribution in [-0.4, -0.2) is 0 Å². The van der Waals surface area contributed by atoms with Crippen molar-refractivity contribution >= 4 is 0 Å². The van der Waals surface area contributed by atoms with Crippen molar-refractivity contribution < 1.29 is 8.78 Å². The van der Waals surface area contributed by atoms with E-state index < -0.39 is 0 Å². The summed E-state index contributed by atoms with van der Waals surface area (Å²) < 4.78 is 28.2. The Morgan fingerprint density at radius 2 is 1.59 bits per heavy atom. The molecule has 0 amide bonds. The average Bonchev–Trinajstić information content (AvgIpc) is 2.51. The molecule has 1 aliphatic rings. The van der Waals surface area contributed by atoms with Gasteiger partial charge in [-0.1, -0.05) is 44.0 Å². The highest BCUT2D eigenvalue weighted by molar-refractivity contribution is 5.65. The maximum atomic E-state index is 14.5. The van der Waals surface area contributed by atoms with Crippen molar-refractivity contribution in [1.29, 1.82) is 0 Å². The summed E-state index contributed by atoms with van der Waals surface area (Å²) in [7, 11) is 0. The molecule has 2 heteroatoms. The summed E-state index contributed by atoms with van der Waals surface area (Å²) in [6.45, 7) is 3.99. The molecule has 0 nitrogen and oxygen atoms in total. The molecule has 0 saturated heterocycles. The van der Waals surface area contributed by atoms with Crippen molar-refractivity contribution in [3.8, 4) is 11.1 Å². The Hall–Kier alpha value is -1.70. The maximum Gasteiger partial charge on any atom is 0.131 e. The summed E-state index contributed by atoms with van der Waals surface area (Å²) in [5.74, 6) is 0.715. The van der Waals surface area contributed by atoms with E-state index >= 15 is 0 Å². The number of benzene rings is 2. The first-order chi connectivity index (χ1) is 10.5. The topological polar surface area (TPSA) is 0 Å². The largest absolute Gasteiger partial charge is 0.207 e. The third kappa shape index (κ3) is 3.06. The molecule has 116 valence electrons. The van der Waals surface area contributed by atoms with E-state index in [1.807, 2.05) is 6.07 Å². The molecule has 1 fully saturated rings.